The van der Waals surface area contributed by atoms with E-state index in [1.165, 1.54) is 0 Å². The molecule has 1 heterocycles. The molecule has 1 nitrogen and oxygen atoms in total. The molecule has 0 unspecified atom stereocenters. The van der Waals surface area contributed by atoms with Gasteiger partial charge in [0.05, 0.1) is 0 Å². The van der Waals surface area contributed by atoms with Gasteiger partial charge in [0.15, 0.2) is 0 Å². The van der Waals surface area contributed by atoms with Crippen LogP contribution in [0.25, 0.3) is 0 Å². The van der Waals surface area contributed by atoms with Crippen LogP contribution in [0.3, 0.4) is 0 Å². The third-order valence-corrected chi connectivity index (χ3v) is 1.27. The Kier molecular flexibility index (Phi) is 2.25. The van der Waals surface area contributed by atoms with E-state index in [4.69, 9.17) is 0 Å². The summed E-state index contributed by atoms with van der Waals surface area (Å²) >= 11 is 0. The molecule has 0 bridgehead atoms. The lowest BCUT2D eigenvalue weighted by atomic mass is 10.2. The van der Waals surface area contributed by atoms with Crippen molar-refractivity contribution in [2.24, 2.45) is 4.99 Å². The molecule has 0 fully saturated rings. The maximum absolute atomic E-state index is 4.13. The summed E-state index contributed by atoms with van der Waals surface area (Å²) in [5.74, 6) is 0. The number of hydrogen-bond acceptors (Lipinski definition) is 1. The van der Waals surface area contributed by atoms with Gasteiger partial charge in [-0.2, -0.15) is 0 Å². The van der Waals surface area contributed by atoms with Crippen molar-refractivity contribution in [3.63, 3.8) is 0 Å². The molecule has 0 aromatic rings. The molecule has 0 spiro atoms. The minimum atomic E-state index is 1.12. The molecule has 0 N–H and O–H groups in total. The summed E-state index contributed by atoms with van der Waals surface area (Å²) in [6.07, 6.45) is 10.4. The Morgan fingerprint density at radius 1 is 1.44 bits per heavy atom. The molecule has 1 heteroatoms. The second kappa shape index (κ2) is 3.23. The molecule has 0 amide bonds. The van der Waals surface area contributed by atoms with Crippen molar-refractivity contribution in [2.45, 2.75) is 19.8 Å². The summed E-state index contributed by atoms with van der Waals surface area (Å²) in [6, 6.07) is 0. The lowest BCUT2D eigenvalue weighted by Crippen LogP contribution is -1.76. The monoisotopic (exact) mass is 121 g/mol. The smallest absolute Gasteiger partial charge is 0.0332 e. The zero-order chi connectivity index (χ0) is 6.53. The first-order valence-corrected chi connectivity index (χ1v) is 3.25. The number of rotatable bonds is 0. The molecule has 0 radical (unpaired) electrons. The van der Waals surface area contributed by atoms with Crippen molar-refractivity contribution < 1.29 is 0 Å². The fourth-order valence-electron chi connectivity index (χ4n) is 0.759. The van der Waals surface area contributed by atoms with Crippen molar-refractivity contribution in [3.05, 3.63) is 23.9 Å². The molecule has 0 atom stereocenters. The van der Waals surface area contributed by atoms with E-state index < -0.39 is 0 Å². The van der Waals surface area contributed by atoms with Crippen LogP contribution in [0.15, 0.2) is 28.9 Å². The Labute approximate surface area is 55.8 Å². The van der Waals surface area contributed by atoms with Crippen LogP contribution >= 0.6 is 0 Å². The van der Waals surface area contributed by atoms with Crippen LogP contribution in [-0.2, 0) is 0 Å². The second-order valence-electron chi connectivity index (χ2n) is 2.13. The fourth-order valence-corrected chi connectivity index (χ4v) is 0.759. The highest BCUT2D eigenvalue weighted by atomic mass is 14.7. The molecular weight excluding hydrogens is 110 g/mol. The lowest BCUT2D eigenvalue weighted by molar-refractivity contribution is 1.03. The van der Waals surface area contributed by atoms with E-state index in [2.05, 4.69) is 17.1 Å². The summed E-state index contributed by atoms with van der Waals surface area (Å²) in [5.41, 5.74) is 1.12. The molecule has 48 valence electrons. The Morgan fingerprint density at radius 3 is 3.22 bits per heavy atom. The number of nitrogens with zero attached hydrogens (tertiary/aromatic N) is 1. The SMILES string of the molecule is CC1=CCCC=CC=N1. The van der Waals surface area contributed by atoms with E-state index >= 15 is 0 Å². The van der Waals surface area contributed by atoms with Gasteiger partial charge >= 0.3 is 0 Å². The molecule has 1 rings (SSSR count). The van der Waals surface area contributed by atoms with E-state index in [0.29, 0.717) is 0 Å². The molecule has 1 aliphatic rings. The molecular formula is C8H11N. The molecule has 0 aromatic carbocycles. The third-order valence-electron chi connectivity index (χ3n) is 1.27. The Morgan fingerprint density at radius 2 is 2.33 bits per heavy atom. The van der Waals surface area contributed by atoms with E-state index in [1.54, 1.807) is 0 Å². The number of aliphatic imine (C=N–C) groups is 1. The lowest BCUT2D eigenvalue weighted by Gasteiger charge is -1.93. The minimum Gasteiger partial charge on any atom is -0.262 e. The van der Waals surface area contributed by atoms with Crippen molar-refractivity contribution in [3.8, 4) is 0 Å². The average molecular weight is 121 g/mol. The predicted molar refractivity (Wildman–Crippen MR) is 40.6 cm³/mol. The number of allylic oxidation sites excluding steroid dienone is 4. The van der Waals surface area contributed by atoms with Crippen LogP contribution in [0, 0.1) is 0 Å². The van der Waals surface area contributed by atoms with E-state index in [0.717, 1.165) is 18.5 Å². The van der Waals surface area contributed by atoms with Crippen molar-refractivity contribution in [1.29, 1.82) is 0 Å². The van der Waals surface area contributed by atoms with Gasteiger partial charge < -0.3 is 0 Å². The van der Waals surface area contributed by atoms with Gasteiger partial charge in [0.1, 0.15) is 0 Å². The summed E-state index contributed by atoms with van der Waals surface area (Å²) < 4.78 is 0. The van der Waals surface area contributed by atoms with Gasteiger partial charge in [-0.1, -0.05) is 12.2 Å². The van der Waals surface area contributed by atoms with E-state index in [-0.39, 0.29) is 0 Å². The van der Waals surface area contributed by atoms with Crippen LogP contribution in [0.4, 0.5) is 0 Å². The highest BCUT2D eigenvalue weighted by Crippen LogP contribution is 2.02. The highest BCUT2D eigenvalue weighted by molar-refractivity contribution is 5.72. The zero-order valence-electron chi connectivity index (χ0n) is 5.67. The van der Waals surface area contributed by atoms with Gasteiger partial charge in [0, 0.05) is 11.9 Å². The summed E-state index contributed by atoms with van der Waals surface area (Å²) in [5, 5.41) is 0. The second-order valence-corrected chi connectivity index (χ2v) is 2.13. The third kappa shape index (κ3) is 2.27. The quantitative estimate of drug-likeness (QED) is 0.466. The van der Waals surface area contributed by atoms with Gasteiger partial charge in [0.25, 0.3) is 0 Å². The van der Waals surface area contributed by atoms with Crippen LogP contribution in [0.1, 0.15) is 19.8 Å². The van der Waals surface area contributed by atoms with Crippen LogP contribution in [0.5, 0.6) is 0 Å². The zero-order valence-corrected chi connectivity index (χ0v) is 5.67. The van der Waals surface area contributed by atoms with Crippen molar-refractivity contribution in [1.82, 2.24) is 0 Å². The molecule has 0 aliphatic carbocycles. The van der Waals surface area contributed by atoms with Gasteiger partial charge in [-0.3, -0.25) is 4.99 Å². The number of hydrogen-bond donors (Lipinski definition) is 0. The first-order valence-electron chi connectivity index (χ1n) is 3.25. The van der Waals surface area contributed by atoms with E-state index in [9.17, 15) is 0 Å². The first kappa shape index (κ1) is 6.27. The standard InChI is InChI=1S/C8H11N/c1-8-6-4-2-3-5-7-9-8/h3,5-7H,2,4H2,1H3. The Bertz CT molecular complexity index is 163. The topological polar surface area (TPSA) is 12.4 Å². The highest BCUT2D eigenvalue weighted by Gasteiger charge is 1.84. The molecule has 1 aliphatic heterocycles. The Balaban J connectivity index is 2.64. The van der Waals surface area contributed by atoms with Crippen molar-refractivity contribution in [2.75, 3.05) is 0 Å². The van der Waals surface area contributed by atoms with Crippen LogP contribution in [-0.4, -0.2) is 6.21 Å². The summed E-state index contributed by atoms with van der Waals surface area (Å²) in [6.45, 7) is 2.02. The fraction of sp³-hybridized carbons (Fsp3) is 0.375. The van der Waals surface area contributed by atoms with Crippen LogP contribution < -0.4 is 0 Å². The minimum absolute atomic E-state index is 1.12. The summed E-state index contributed by atoms with van der Waals surface area (Å²) in [7, 11) is 0. The summed E-state index contributed by atoms with van der Waals surface area (Å²) in [4.78, 5) is 4.13. The molecule has 0 saturated heterocycles. The predicted octanol–water partition coefficient (Wildman–Crippen LogP) is 2.31. The van der Waals surface area contributed by atoms with Crippen LogP contribution in [0.2, 0.25) is 0 Å². The average Bonchev–Trinajstić information content (AvgIpc) is 1.79. The van der Waals surface area contributed by atoms with Gasteiger partial charge in [0.2, 0.25) is 0 Å². The molecule has 9 heavy (non-hydrogen) atoms. The largest absolute Gasteiger partial charge is 0.262 e. The molecule has 0 saturated carbocycles. The van der Waals surface area contributed by atoms with E-state index in [1.807, 2.05) is 19.2 Å². The van der Waals surface area contributed by atoms with Crippen molar-refractivity contribution >= 4 is 6.21 Å². The van der Waals surface area contributed by atoms with Gasteiger partial charge in [-0.05, 0) is 25.8 Å². The maximum Gasteiger partial charge on any atom is 0.0332 e. The maximum atomic E-state index is 4.13. The first-order chi connectivity index (χ1) is 4.39. The molecule has 0 aromatic heterocycles. The van der Waals surface area contributed by atoms with Gasteiger partial charge in [-0.25, -0.2) is 0 Å². The Hall–Kier alpha value is -0.850. The van der Waals surface area contributed by atoms with Gasteiger partial charge in [-0.15, -0.1) is 0 Å². The normalized spacial score (nSPS) is 18.6.